The fourth-order valence-electron chi connectivity index (χ4n) is 6.30. The van der Waals surface area contributed by atoms with Crippen LogP contribution in [0.4, 0.5) is 0 Å². The summed E-state index contributed by atoms with van der Waals surface area (Å²) in [6, 6.07) is -1.53. The molecule has 0 aromatic heterocycles. The first-order chi connectivity index (χ1) is 29.1. The number of nitrogens with two attached hydrogens (primary N) is 1. The SMILES string of the molecule is CCCCC/C=C\C/C=C\C/C=C\CCCCCCC(=O)OC[C@H](COP(=O)(O)OC[C@H](N)C(=O)O)OC(=O)CCCCCCCCC/C=C\CCCCCCCCCC. The minimum Gasteiger partial charge on any atom is -0.480 e. The number of unbranched alkanes of at least 4 members (excludes halogenated alkanes) is 22. The number of carboxylic acids is 1. The molecule has 0 aromatic rings. The van der Waals surface area contributed by atoms with E-state index < -0.39 is 51.1 Å². The average Bonchev–Trinajstić information content (AvgIpc) is 3.22. The lowest BCUT2D eigenvalue weighted by atomic mass is 10.1. The molecule has 0 aromatic carbocycles. The molecule has 12 heteroatoms. The zero-order valence-electron chi connectivity index (χ0n) is 37.8. The van der Waals surface area contributed by atoms with Crippen molar-refractivity contribution >= 4 is 25.7 Å². The molecule has 60 heavy (non-hydrogen) atoms. The topological polar surface area (TPSA) is 172 Å². The molecule has 0 spiro atoms. The second-order valence-electron chi connectivity index (χ2n) is 15.9. The highest BCUT2D eigenvalue weighted by atomic mass is 31.2. The molecule has 0 saturated carbocycles. The van der Waals surface area contributed by atoms with Crippen molar-refractivity contribution in [3.63, 3.8) is 0 Å². The van der Waals surface area contributed by atoms with Crippen molar-refractivity contribution in [3.8, 4) is 0 Å². The van der Waals surface area contributed by atoms with Crippen LogP contribution in [-0.2, 0) is 37.5 Å². The van der Waals surface area contributed by atoms with Gasteiger partial charge in [0, 0.05) is 12.8 Å². The van der Waals surface area contributed by atoms with E-state index in [2.05, 4.69) is 67.0 Å². The number of rotatable bonds is 44. The molecule has 0 fully saturated rings. The summed E-state index contributed by atoms with van der Waals surface area (Å²) in [4.78, 5) is 46.1. The van der Waals surface area contributed by atoms with E-state index in [9.17, 15) is 23.8 Å². The van der Waals surface area contributed by atoms with Gasteiger partial charge >= 0.3 is 25.7 Å². The predicted octanol–water partition coefficient (Wildman–Crippen LogP) is 13.0. The zero-order valence-corrected chi connectivity index (χ0v) is 38.7. The van der Waals surface area contributed by atoms with Gasteiger partial charge in [0.25, 0.3) is 0 Å². The van der Waals surface area contributed by atoms with Crippen molar-refractivity contribution in [1.29, 1.82) is 0 Å². The van der Waals surface area contributed by atoms with E-state index in [0.717, 1.165) is 77.0 Å². The van der Waals surface area contributed by atoms with Gasteiger partial charge in [-0.1, -0.05) is 165 Å². The normalized spacial score (nSPS) is 14.1. The Kier molecular flexibility index (Phi) is 41.3. The number of phosphoric ester groups is 1. The Balaban J connectivity index is 4.35. The lowest BCUT2D eigenvalue weighted by molar-refractivity contribution is -0.161. The van der Waals surface area contributed by atoms with E-state index in [1.807, 2.05) is 0 Å². The van der Waals surface area contributed by atoms with Crippen molar-refractivity contribution in [1.82, 2.24) is 0 Å². The molecule has 0 rings (SSSR count). The fraction of sp³-hybridized carbons (Fsp3) is 0.771. The molecule has 0 amide bonds. The third-order valence-corrected chi connectivity index (χ3v) is 11.0. The van der Waals surface area contributed by atoms with Crippen LogP contribution in [-0.4, -0.2) is 59.9 Å². The largest absolute Gasteiger partial charge is 0.480 e. The number of hydrogen-bond donors (Lipinski definition) is 3. The Morgan fingerprint density at radius 1 is 0.517 bits per heavy atom. The molecule has 348 valence electrons. The Bertz CT molecular complexity index is 1200. The van der Waals surface area contributed by atoms with Crippen LogP contribution < -0.4 is 5.73 Å². The van der Waals surface area contributed by atoms with Gasteiger partial charge in [-0.05, 0) is 77.0 Å². The Hall–Kier alpha value is -2.56. The van der Waals surface area contributed by atoms with Gasteiger partial charge in [0.2, 0.25) is 0 Å². The number of phosphoric acid groups is 1. The Morgan fingerprint density at radius 3 is 1.37 bits per heavy atom. The number of carbonyl (C=O) groups is 3. The van der Waals surface area contributed by atoms with Gasteiger partial charge in [0.1, 0.15) is 12.6 Å². The molecule has 0 aliphatic rings. The summed E-state index contributed by atoms with van der Waals surface area (Å²) < 4.78 is 32.7. The van der Waals surface area contributed by atoms with Gasteiger partial charge in [-0.15, -0.1) is 0 Å². The van der Waals surface area contributed by atoms with Crippen molar-refractivity contribution in [2.75, 3.05) is 19.8 Å². The highest BCUT2D eigenvalue weighted by Gasteiger charge is 2.28. The molecule has 1 unspecified atom stereocenters. The third kappa shape index (κ3) is 42.1. The summed E-state index contributed by atoms with van der Waals surface area (Å²) in [7, 11) is -4.73. The molecular formula is C48H86NO10P. The number of hydrogen-bond acceptors (Lipinski definition) is 9. The highest BCUT2D eigenvalue weighted by Crippen LogP contribution is 2.43. The number of aliphatic carboxylic acids is 1. The molecule has 3 atom stereocenters. The first-order valence-corrected chi connectivity index (χ1v) is 25.2. The van der Waals surface area contributed by atoms with Gasteiger partial charge in [0.05, 0.1) is 13.2 Å². The molecule has 0 aliphatic carbocycles. The highest BCUT2D eigenvalue weighted by molar-refractivity contribution is 7.47. The standard InChI is InChI=1S/C48H86NO10P/c1-3-5-7-9-11-13-15-17-19-21-22-24-26-28-30-32-34-36-38-40-47(51)59-44(42-57-60(54,55)58-43-45(49)48(52)53)41-56-46(50)39-37-35-33-31-29-27-25-23-20-18-16-14-12-10-8-6-4-2/h12,14,18,20-22,25,27,44-45H,3-11,13,15-17,19,23-24,26,28-43,49H2,1-2H3,(H,52,53)(H,54,55)/b14-12-,20-18-,22-21-,27-25-/t44-,45+/m1/s1. The molecule has 0 bridgehead atoms. The van der Waals surface area contributed by atoms with Crippen LogP contribution in [0, 0.1) is 0 Å². The summed E-state index contributed by atoms with van der Waals surface area (Å²) in [5.74, 6) is -2.41. The molecule has 11 nitrogen and oxygen atoms in total. The van der Waals surface area contributed by atoms with E-state index in [-0.39, 0.29) is 19.4 Å². The maximum atomic E-state index is 12.7. The van der Waals surface area contributed by atoms with Crippen LogP contribution in [0.25, 0.3) is 0 Å². The number of esters is 2. The molecule has 0 heterocycles. The van der Waals surface area contributed by atoms with Gasteiger partial charge in [-0.3, -0.25) is 23.4 Å². The van der Waals surface area contributed by atoms with Gasteiger partial charge < -0.3 is 25.2 Å². The van der Waals surface area contributed by atoms with Crippen LogP contribution in [0.3, 0.4) is 0 Å². The first kappa shape index (κ1) is 57.4. The van der Waals surface area contributed by atoms with Crippen LogP contribution in [0.1, 0.15) is 206 Å². The summed E-state index contributed by atoms with van der Waals surface area (Å²) in [6.45, 7) is 2.76. The lowest BCUT2D eigenvalue weighted by Crippen LogP contribution is -2.34. The van der Waals surface area contributed by atoms with Crippen molar-refractivity contribution < 1.29 is 47.5 Å². The average molecular weight is 868 g/mol. The number of allylic oxidation sites excluding steroid dienone is 8. The van der Waals surface area contributed by atoms with E-state index in [0.29, 0.717) is 12.8 Å². The summed E-state index contributed by atoms with van der Waals surface area (Å²) in [5.41, 5.74) is 5.34. The minimum absolute atomic E-state index is 0.150. The summed E-state index contributed by atoms with van der Waals surface area (Å²) in [6.07, 6.45) is 48.8. The van der Waals surface area contributed by atoms with Crippen molar-refractivity contribution in [2.45, 2.75) is 219 Å². The van der Waals surface area contributed by atoms with Crippen molar-refractivity contribution in [2.24, 2.45) is 5.73 Å². The maximum Gasteiger partial charge on any atom is 0.472 e. The minimum atomic E-state index is -4.73. The molecule has 4 N–H and O–H groups in total. The van der Waals surface area contributed by atoms with Crippen LogP contribution in [0.2, 0.25) is 0 Å². The van der Waals surface area contributed by atoms with E-state index in [1.54, 1.807) is 0 Å². The number of ether oxygens (including phenoxy) is 2. The van der Waals surface area contributed by atoms with Gasteiger partial charge in [-0.25, -0.2) is 4.57 Å². The Labute approximate surface area is 365 Å². The predicted molar refractivity (Wildman–Crippen MR) is 245 cm³/mol. The van der Waals surface area contributed by atoms with Crippen molar-refractivity contribution in [3.05, 3.63) is 48.6 Å². The fourth-order valence-corrected chi connectivity index (χ4v) is 7.08. The third-order valence-electron chi connectivity index (χ3n) is 10.0. The lowest BCUT2D eigenvalue weighted by Gasteiger charge is -2.20. The molecule has 0 aliphatic heterocycles. The second-order valence-corrected chi connectivity index (χ2v) is 17.3. The maximum absolute atomic E-state index is 12.7. The second kappa shape index (κ2) is 43.1. The van der Waals surface area contributed by atoms with Crippen LogP contribution >= 0.6 is 7.82 Å². The molecular weight excluding hydrogens is 781 g/mol. The van der Waals surface area contributed by atoms with E-state index >= 15 is 0 Å². The quantitative estimate of drug-likeness (QED) is 0.0230. The number of carbonyl (C=O) groups excluding carboxylic acids is 2. The smallest absolute Gasteiger partial charge is 0.472 e. The molecule has 0 saturated heterocycles. The first-order valence-electron chi connectivity index (χ1n) is 23.7. The van der Waals surface area contributed by atoms with Gasteiger partial charge in [-0.2, -0.15) is 0 Å². The van der Waals surface area contributed by atoms with E-state index in [4.69, 9.17) is 24.8 Å². The summed E-state index contributed by atoms with van der Waals surface area (Å²) in [5, 5.41) is 8.90. The molecule has 0 radical (unpaired) electrons. The van der Waals surface area contributed by atoms with Gasteiger partial charge in [0.15, 0.2) is 6.10 Å². The summed E-state index contributed by atoms with van der Waals surface area (Å²) >= 11 is 0. The zero-order chi connectivity index (χ0) is 44.2. The van der Waals surface area contributed by atoms with E-state index in [1.165, 1.54) is 89.9 Å². The number of carboxylic acid groups (broad SMARTS) is 1. The van der Waals surface area contributed by atoms with Crippen LogP contribution in [0.15, 0.2) is 48.6 Å². The monoisotopic (exact) mass is 868 g/mol. The Morgan fingerprint density at radius 2 is 0.883 bits per heavy atom. The van der Waals surface area contributed by atoms with Crippen LogP contribution in [0.5, 0.6) is 0 Å².